The lowest BCUT2D eigenvalue weighted by atomic mass is 9.89. The van der Waals surface area contributed by atoms with Gasteiger partial charge in [0, 0.05) is 6.61 Å². The fourth-order valence-corrected chi connectivity index (χ4v) is 3.25. The Morgan fingerprint density at radius 1 is 1.50 bits per heavy atom. The van der Waals surface area contributed by atoms with E-state index in [9.17, 15) is 0 Å². The summed E-state index contributed by atoms with van der Waals surface area (Å²) in [7, 11) is 0. The second-order valence-electron chi connectivity index (χ2n) is 5.30. The molecule has 0 aromatic carbocycles. The van der Waals surface area contributed by atoms with Gasteiger partial charge >= 0.3 is 0 Å². The molecule has 2 aliphatic rings. The van der Waals surface area contributed by atoms with E-state index >= 15 is 0 Å². The van der Waals surface area contributed by atoms with Gasteiger partial charge in [0.2, 0.25) is 5.82 Å². The summed E-state index contributed by atoms with van der Waals surface area (Å²) in [5, 5.41) is 4.37. The van der Waals surface area contributed by atoms with E-state index in [2.05, 4.69) is 10.1 Å². The van der Waals surface area contributed by atoms with E-state index in [4.69, 9.17) is 22.7 Å². The van der Waals surface area contributed by atoms with Gasteiger partial charge in [-0.05, 0) is 25.7 Å². The summed E-state index contributed by atoms with van der Waals surface area (Å²) in [5.41, 5.74) is 5.64. The van der Waals surface area contributed by atoms with Crippen molar-refractivity contribution in [2.45, 2.75) is 50.2 Å². The zero-order valence-corrected chi connectivity index (χ0v) is 11.2. The van der Waals surface area contributed by atoms with Crippen LogP contribution in [0, 0.1) is 0 Å². The predicted octanol–water partition coefficient (Wildman–Crippen LogP) is 1.58. The van der Waals surface area contributed by atoms with Gasteiger partial charge in [-0.1, -0.05) is 25.1 Å². The second kappa shape index (κ2) is 4.59. The molecule has 1 aromatic heterocycles. The van der Waals surface area contributed by atoms with Crippen LogP contribution in [0.1, 0.15) is 50.4 Å². The SMILES string of the molecule is NC(=S)c1ncn(C2CCOC3(CCCC3)C2)n1. The Morgan fingerprint density at radius 3 is 2.94 bits per heavy atom. The maximum atomic E-state index is 6.02. The van der Waals surface area contributed by atoms with Crippen LogP contribution in [-0.2, 0) is 4.74 Å². The molecule has 3 rings (SSSR count). The van der Waals surface area contributed by atoms with Crippen molar-refractivity contribution in [2.75, 3.05) is 6.61 Å². The van der Waals surface area contributed by atoms with Crippen molar-refractivity contribution in [3.8, 4) is 0 Å². The minimum atomic E-state index is 0.0955. The van der Waals surface area contributed by atoms with Crippen molar-refractivity contribution >= 4 is 17.2 Å². The topological polar surface area (TPSA) is 66.0 Å². The first kappa shape index (κ1) is 12.0. The number of rotatable bonds is 2. The van der Waals surface area contributed by atoms with Crippen LogP contribution in [0.15, 0.2) is 6.33 Å². The Labute approximate surface area is 112 Å². The molecule has 1 spiro atoms. The summed E-state index contributed by atoms with van der Waals surface area (Å²) in [4.78, 5) is 4.41. The number of nitrogens with zero attached hydrogens (tertiary/aromatic N) is 3. The first-order chi connectivity index (χ1) is 8.69. The number of ether oxygens (including phenoxy) is 1. The molecule has 1 aliphatic heterocycles. The molecule has 1 saturated heterocycles. The highest BCUT2D eigenvalue weighted by Crippen LogP contribution is 2.43. The number of hydrogen-bond acceptors (Lipinski definition) is 4. The number of aromatic nitrogens is 3. The van der Waals surface area contributed by atoms with Gasteiger partial charge in [-0.15, -0.1) is 5.10 Å². The third kappa shape index (κ3) is 2.14. The predicted molar refractivity (Wildman–Crippen MR) is 71.3 cm³/mol. The van der Waals surface area contributed by atoms with Crippen molar-refractivity contribution in [3.63, 3.8) is 0 Å². The van der Waals surface area contributed by atoms with Crippen molar-refractivity contribution in [1.82, 2.24) is 14.8 Å². The fourth-order valence-electron chi connectivity index (χ4n) is 3.16. The highest BCUT2D eigenvalue weighted by Gasteiger charge is 2.40. The van der Waals surface area contributed by atoms with Crippen molar-refractivity contribution in [1.29, 1.82) is 0 Å². The third-order valence-electron chi connectivity index (χ3n) is 4.08. The normalized spacial score (nSPS) is 26.6. The molecule has 1 saturated carbocycles. The van der Waals surface area contributed by atoms with E-state index in [1.807, 2.05) is 4.68 Å². The minimum absolute atomic E-state index is 0.0955. The number of thiocarbonyl (C=S) groups is 1. The highest BCUT2D eigenvalue weighted by atomic mass is 32.1. The van der Waals surface area contributed by atoms with Crippen LogP contribution in [0.25, 0.3) is 0 Å². The Bertz CT molecular complexity index is 453. The van der Waals surface area contributed by atoms with Crippen molar-refractivity contribution in [2.24, 2.45) is 5.73 Å². The molecule has 1 aromatic rings. The zero-order chi connectivity index (χ0) is 12.6. The van der Waals surface area contributed by atoms with Gasteiger partial charge in [0.05, 0.1) is 11.6 Å². The first-order valence-corrected chi connectivity index (χ1v) is 6.94. The Hall–Kier alpha value is -1.01. The van der Waals surface area contributed by atoms with E-state index in [1.165, 1.54) is 25.7 Å². The first-order valence-electron chi connectivity index (χ1n) is 6.53. The Balaban J connectivity index is 1.76. The smallest absolute Gasteiger partial charge is 0.208 e. The van der Waals surface area contributed by atoms with E-state index in [0.717, 1.165) is 19.4 Å². The lowest BCUT2D eigenvalue weighted by molar-refractivity contribution is -0.0910. The van der Waals surface area contributed by atoms with E-state index < -0.39 is 0 Å². The van der Waals surface area contributed by atoms with Gasteiger partial charge in [0.25, 0.3) is 0 Å². The van der Waals surface area contributed by atoms with Crippen LogP contribution in [-0.4, -0.2) is 32.0 Å². The molecule has 0 bridgehead atoms. The van der Waals surface area contributed by atoms with Gasteiger partial charge in [-0.2, -0.15) is 0 Å². The number of nitrogens with two attached hydrogens (primary N) is 1. The second-order valence-corrected chi connectivity index (χ2v) is 5.74. The molecule has 2 N–H and O–H groups in total. The summed E-state index contributed by atoms with van der Waals surface area (Å²) < 4.78 is 7.93. The zero-order valence-electron chi connectivity index (χ0n) is 10.3. The Kier molecular flexibility index (Phi) is 3.07. The van der Waals surface area contributed by atoms with Crippen LogP contribution in [0.4, 0.5) is 0 Å². The molecule has 0 radical (unpaired) electrons. The molecule has 0 amide bonds. The molecule has 1 aliphatic carbocycles. The number of hydrogen-bond donors (Lipinski definition) is 1. The van der Waals surface area contributed by atoms with Crippen molar-refractivity contribution < 1.29 is 4.74 Å². The monoisotopic (exact) mass is 266 g/mol. The molecule has 6 heteroatoms. The molecule has 1 unspecified atom stereocenters. The average molecular weight is 266 g/mol. The summed E-state index contributed by atoms with van der Waals surface area (Å²) in [5.74, 6) is 0.469. The standard InChI is InChI=1S/C12H18N4OS/c13-10(18)11-14-8-16(15-11)9-3-6-17-12(7-9)4-1-2-5-12/h8-9H,1-7H2,(H2,13,18). The molecule has 2 heterocycles. The van der Waals surface area contributed by atoms with Crippen LogP contribution >= 0.6 is 12.2 Å². The fraction of sp³-hybridized carbons (Fsp3) is 0.750. The van der Waals surface area contributed by atoms with Gasteiger partial charge < -0.3 is 10.5 Å². The van der Waals surface area contributed by atoms with Crippen molar-refractivity contribution in [3.05, 3.63) is 12.2 Å². The van der Waals surface area contributed by atoms with Crippen LogP contribution in [0.2, 0.25) is 0 Å². The summed E-state index contributed by atoms with van der Waals surface area (Å²) >= 11 is 4.89. The molecule has 5 nitrogen and oxygen atoms in total. The lowest BCUT2D eigenvalue weighted by Gasteiger charge is -2.38. The Morgan fingerprint density at radius 2 is 2.28 bits per heavy atom. The maximum absolute atomic E-state index is 6.02. The molecule has 1 atom stereocenters. The largest absolute Gasteiger partial charge is 0.387 e. The summed E-state index contributed by atoms with van der Waals surface area (Å²) in [6, 6.07) is 0.368. The van der Waals surface area contributed by atoms with Crippen LogP contribution in [0.5, 0.6) is 0 Å². The van der Waals surface area contributed by atoms with E-state index in [1.54, 1.807) is 6.33 Å². The van der Waals surface area contributed by atoms with E-state index in [-0.39, 0.29) is 10.6 Å². The molecular formula is C12H18N4OS. The van der Waals surface area contributed by atoms with Gasteiger partial charge in [-0.3, -0.25) is 0 Å². The average Bonchev–Trinajstić information content (AvgIpc) is 2.98. The minimum Gasteiger partial charge on any atom is -0.387 e. The summed E-state index contributed by atoms with van der Waals surface area (Å²) in [6.45, 7) is 0.812. The molecule has 18 heavy (non-hydrogen) atoms. The quantitative estimate of drug-likeness (QED) is 0.823. The lowest BCUT2D eigenvalue weighted by Crippen LogP contribution is -2.38. The van der Waals surface area contributed by atoms with Crippen LogP contribution in [0.3, 0.4) is 0 Å². The molecule has 98 valence electrons. The third-order valence-corrected chi connectivity index (χ3v) is 4.27. The highest BCUT2D eigenvalue weighted by molar-refractivity contribution is 7.80. The maximum Gasteiger partial charge on any atom is 0.208 e. The molecule has 2 fully saturated rings. The van der Waals surface area contributed by atoms with Gasteiger partial charge in [0.1, 0.15) is 11.3 Å². The van der Waals surface area contributed by atoms with Crippen LogP contribution < -0.4 is 5.73 Å². The van der Waals surface area contributed by atoms with Gasteiger partial charge in [0.15, 0.2) is 0 Å². The van der Waals surface area contributed by atoms with E-state index in [0.29, 0.717) is 11.9 Å². The summed E-state index contributed by atoms with van der Waals surface area (Å²) in [6.07, 6.45) is 8.69. The van der Waals surface area contributed by atoms with Gasteiger partial charge in [-0.25, -0.2) is 9.67 Å². The molecular weight excluding hydrogens is 248 g/mol.